The van der Waals surface area contributed by atoms with Gasteiger partial charge in [0.1, 0.15) is 18.2 Å². The Morgan fingerprint density at radius 2 is 2.00 bits per heavy atom. The van der Waals surface area contributed by atoms with Gasteiger partial charge in [-0.15, -0.1) is 11.3 Å². The highest BCUT2D eigenvalue weighted by Gasteiger charge is 2.18. The average Bonchev–Trinajstić information content (AvgIpc) is 3.30. The summed E-state index contributed by atoms with van der Waals surface area (Å²) in [5.74, 6) is -1.84. The highest BCUT2D eigenvalue weighted by Crippen LogP contribution is 2.36. The molecular formula is C23H25FN4O5S. The van der Waals surface area contributed by atoms with Crippen LogP contribution in [-0.4, -0.2) is 48.7 Å². The van der Waals surface area contributed by atoms with Gasteiger partial charge in [-0.2, -0.15) is 0 Å². The molecule has 0 aliphatic rings. The number of likely N-dealkylation sites (N-methyl/N-ethyl adjacent to an activating group) is 1. The van der Waals surface area contributed by atoms with E-state index in [4.69, 9.17) is 20.3 Å². The Morgan fingerprint density at radius 3 is 2.65 bits per heavy atom. The van der Waals surface area contributed by atoms with E-state index in [-0.39, 0.29) is 37.0 Å². The number of carboxylic acids is 1. The molecule has 0 aliphatic carbocycles. The van der Waals surface area contributed by atoms with Gasteiger partial charge in [0, 0.05) is 24.2 Å². The highest BCUT2D eigenvalue weighted by atomic mass is 32.1. The Hall–Kier alpha value is -3.54. The number of hydrogen-bond acceptors (Lipinski definition) is 8. The van der Waals surface area contributed by atoms with E-state index in [1.54, 1.807) is 23.7 Å². The number of carboxylic acid groups (broad SMARTS) is 1. The monoisotopic (exact) mass is 488 g/mol. The minimum absolute atomic E-state index is 0.0540. The Labute approximate surface area is 199 Å². The van der Waals surface area contributed by atoms with Gasteiger partial charge in [0.05, 0.1) is 12.0 Å². The predicted molar refractivity (Wildman–Crippen MR) is 127 cm³/mol. The molecule has 11 heteroatoms. The Kier molecular flexibility index (Phi) is 8.91. The molecule has 0 bridgehead atoms. The second kappa shape index (κ2) is 12.1. The van der Waals surface area contributed by atoms with Crippen LogP contribution in [0.25, 0.3) is 0 Å². The van der Waals surface area contributed by atoms with Gasteiger partial charge in [-0.1, -0.05) is 0 Å². The minimum atomic E-state index is -1.38. The molecule has 1 aromatic heterocycles. The zero-order valence-corrected chi connectivity index (χ0v) is 19.3. The number of nitrogens with zero attached hydrogens (tertiary/aromatic N) is 1. The number of benzene rings is 2. The lowest BCUT2D eigenvalue weighted by Crippen LogP contribution is -2.18. The van der Waals surface area contributed by atoms with E-state index in [1.807, 2.05) is 7.05 Å². The molecule has 3 rings (SSSR count). The normalized spacial score (nSPS) is 10.7. The van der Waals surface area contributed by atoms with Crippen LogP contribution in [0, 0.1) is 5.82 Å². The molecule has 1 heterocycles. The van der Waals surface area contributed by atoms with E-state index >= 15 is 0 Å². The lowest BCUT2D eigenvalue weighted by atomic mass is 10.00. The number of halogens is 1. The average molecular weight is 489 g/mol. The molecule has 0 radical (unpaired) electrons. The molecule has 2 aromatic carbocycles. The number of ether oxygens (including phenoxy) is 2. The second-order valence-electron chi connectivity index (χ2n) is 7.17. The molecule has 1 amide bonds. The third-order valence-electron chi connectivity index (χ3n) is 4.71. The van der Waals surface area contributed by atoms with E-state index in [2.05, 4.69) is 15.6 Å². The third-order valence-corrected chi connectivity index (χ3v) is 5.40. The molecule has 180 valence electrons. The van der Waals surface area contributed by atoms with Gasteiger partial charge in [0.25, 0.3) is 0 Å². The maximum Gasteiger partial charge on any atom is 0.338 e. The SMILES string of the molecule is CNCCc1cc(OCCN)c(Oc2ccc(C(=O)O)c(F)c2)cc1CC(=O)Nc1nccs1. The second-order valence-corrected chi connectivity index (χ2v) is 8.06. The van der Waals surface area contributed by atoms with Crippen molar-refractivity contribution in [3.05, 3.63) is 64.4 Å². The number of rotatable bonds is 12. The van der Waals surface area contributed by atoms with Crippen molar-refractivity contribution in [2.24, 2.45) is 5.73 Å². The first-order valence-electron chi connectivity index (χ1n) is 10.4. The van der Waals surface area contributed by atoms with Crippen LogP contribution < -0.4 is 25.8 Å². The van der Waals surface area contributed by atoms with E-state index in [0.29, 0.717) is 29.4 Å². The number of nitrogens with two attached hydrogens (primary N) is 1. The van der Waals surface area contributed by atoms with Crippen LogP contribution in [0.3, 0.4) is 0 Å². The molecule has 0 unspecified atom stereocenters. The third kappa shape index (κ3) is 6.73. The van der Waals surface area contributed by atoms with E-state index in [9.17, 15) is 14.0 Å². The van der Waals surface area contributed by atoms with Crippen LogP contribution >= 0.6 is 11.3 Å². The quantitative estimate of drug-likeness (QED) is 0.305. The molecule has 3 aromatic rings. The lowest BCUT2D eigenvalue weighted by molar-refractivity contribution is -0.115. The van der Waals surface area contributed by atoms with Crippen molar-refractivity contribution in [1.82, 2.24) is 10.3 Å². The maximum atomic E-state index is 14.2. The number of nitrogens with one attached hydrogen (secondary N) is 2. The van der Waals surface area contributed by atoms with Crippen molar-refractivity contribution in [1.29, 1.82) is 0 Å². The van der Waals surface area contributed by atoms with Crippen molar-refractivity contribution in [3.63, 3.8) is 0 Å². The molecule has 0 fully saturated rings. The number of carbonyl (C=O) groups is 2. The molecule has 5 N–H and O–H groups in total. The summed E-state index contributed by atoms with van der Waals surface area (Å²) in [7, 11) is 1.83. The number of hydrogen-bond donors (Lipinski definition) is 4. The molecule has 0 aliphatic heterocycles. The largest absolute Gasteiger partial charge is 0.488 e. The van der Waals surface area contributed by atoms with Crippen LogP contribution in [0.5, 0.6) is 17.2 Å². The smallest absolute Gasteiger partial charge is 0.338 e. The van der Waals surface area contributed by atoms with Crippen molar-refractivity contribution >= 4 is 28.3 Å². The first kappa shape index (κ1) is 25.1. The van der Waals surface area contributed by atoms with E-state index < -0.39 is 17.3 Å². The van der Waals surface area contributed by atoms with Gasteiger partial charge < -0.3 is 30.9 Å². The van der Waals surface area contributed by atoms with Gasteiger partial charge in [0.15, 0.2) is 16.6 Å². The molecule has 0 spiro atoms. The zero-order valence-electron chi connectivity index (χ0n) is 18.5. The number of carbonyl (C=O) groups excluding carboxylic acids is 1. The number of aromatic nitrogens is 1. The first-order chi connectivity index (χ1) is 16.4. The van der Waals surface area contributed by atoms with Crippen LogP contribution in [0.2, 0.25) is 0 Å². The molecule has 0 saturated carbocycles. The Balaban J connectivity index is 1.94. The summed E-state index contributed by atoms with van der Waals surface area (Å²) in [6.07, 6.45) is 2.28. The number of aromatic carboxylic acids is 1. The fourth-order valence-electron chi connectivity index (χ4n) is 3.14. The van der Waals surface area contributed by atoms with Crippen LogP contribution in [-0.2, 0) is 17.6 Å². The Morgan fingerprint density at radius 1 is 1.21 bits per heavy atom. The first-order valence-corrected chi connectivity index (χ1v) is 11.3. The fraction of sp³-hybridized carbons (Fsp3) is 0.261. The lowest BCUT2D eigenvalue weighted by Gasteiger charge is -2.17. The summed E-state index contributed by atoms with van der Waals surface area (Å²) >= 11 is 1.31. The fourth-order valence-corrected chi connectivity index (χ4v) is 3.69. The zero-order chi connectivity index (χ0) is 24.5. The summed E-state index contributed by atoms with van der Waals surface area (Å²) in [6, 6.07) is 6.90. The van der Waals surface area contributed by atoms with Gasteiger partial charge in [-0.05, 0) is 55.4 Å². The van der Waals surface area contributed by atoms with Crippen LogP contribution in [0.4, 0.5) is 9.52 Å². The molecular weight excluding hydrogens is 463 g/mol. The van der Waals surface area contributed by atoms with Crippen molar-refractivity contribution in [2.75, 3.05) is 32.1 Å². The predicted octanol–water partition coefficient (Wildman–Crippen LogP) is 3.05. The van der Waals surface area contributed by atoms with Crippen LogP contribution in [0.15, 0.2) is 41.9 Å². The molecule has 9 nitrogen and oxygen atoms in total. The minimum Gasteiger partial charge on any atom is -0.488 e. The number of amides is 1. The van der Waals surface area contributed by atoms with Gasteiger partial charge in [-0.25, -0.2) is 14.2 Å². The number of thiazole rings is 1. The van der Waals surface area contributed by atoms with E-state index in [0.717, 1.165) is 17.7 Å². The summed E-state index contributed by atoms with van der Waals surface area (Å²) in [5.41, 5.74) is 6.69. The van der Waals surface area contributed by atoms with Crippen LogP contribution in [0.1, 0.15) is 21.5 Å². The molecule has 0 atom stereocenters. The Bertz CT molecular complexity index is 1140. The number of anilines is 1. The summed E-state index contributed by atoms with van der Waals surface area (Å²) in [4.78, 5) is 27.8. The van der Waals surface area contributed by atoms with E-state index in [1.165, 1.54) is 17.4 Å². The highest BCUT2D eigenvalue weighted by molar-refractivity contribution is 7.13. The van der Waals surface area contributed by atoms with Crippen molar-refractivity contribution in [2.45, 2.75) is 12.8 Å². The summed E-state index contributed by atoms with van der Waals surface area (Å²) < 4.78 is 25.8. The van der Waals surface area contributed by atoms with Crippen molar-refractivity contribution in [3.8, 4) is 17.2 Å². The van der Waals surface area contributed by atoms with Gasteiger partial charge in [0.2, 0.25) is 5.91 Å². The molecule has 0 saturated heterocycles. The van der Waals surface area contributed by atoms with Gasteiger partial charge >= 0.3 is 5.97 Å². The summed E-state index contributed by atoms with van der Waals surface area (Å²) in [6.45, 7) is 1.16. The topological polar surface area (TPSA) is 136 Å². The standard InChI is InChI=1S/C23H25FN4O5S/c1-26-6-4-14-10-19(32-8-5-25)20(33-16-2-3-17(22(30)31)18(24)13-16)11-15(14)12-21(29)28-23-27-7-9-34-23/h2-3,7,9-11,13,26H,4-6,8,12,25H2,1H3,(H,30,31)(H,27,28,29). The van der Waals surface area contributed by atoms with Gasteiger partial charge in [-0.3, -0.25) is 4.79 Å². The maximum absolute atomic E-state index is 14.2. The summed E-state index contributed by atoms with van der Waals surface area (Å²) in [5, 5.41) is 17.1. The molecule has 34 heavy (non-hydrogen) atoms. The van der Waals surface area contributed by atoms with Crippen molar-refractivity contribution < 1.29 is 28.6 Å².